The molecular weight excluding hydrogens is 254 g/mol. The summed E-state index contributed by atoms with van der Waals surface area (Å²) in [5.41, 5.74) is 5.97. The van der Waals surface area contributed by atoms with Crippen molar-refractivity contribution in [3.63, 3.8) is 0 Å². The molecule has 1 atom stereocenters. The number of carbonyl (C=O) groups is 1. The molecule has 0 aromatic carbocycles. The second-order valence-corrected chi connectivity index (χ2v) is 5.74. The van der Waals surface area contributed by atoms with Gasteiger partial charge in [-0.15, -0.1) is 6.58 Å². The highest BCUT2D eigenvalue weighted by Gasteiger charge is 2.13. The van der Waals surface area contributed by atoms with Crippen LogP contribution in [0, 0.1) is 0 Å². The molecule has 1 unspecified atom stereocenters. The summed E-state index contributed by atoms with van der Waals surface area (Å²) in [6, 6.07) is 2.10. The minimum absolute atomic E-state index is 0.0455. The van der Waals surface area contributed by atoms with E-state index in [0.29, 0.717) is 12.1 Å². The highest BCUT2D eigenvalue weighted by molar-refractivity contribution is 7.90. The normalized spacial score (nSPS) is 12.8. The maximum absolute atomic E-state index is 11.6. The molecule has 0 aliphatic heterocycles. The van der Waals surface area contributed by atoms with Crippen LogP contribution in [0.3, 0.4) is 0 Å². The Hall–Kier alpha value is -1.73. The van der Waals surface area contributed by atoms with Crippen molar-refractivity contribution in [3.8, 4) is 0 Å². The van der Waals surface area contributed by atoms with E-state index in [1.165, 1.54) is 18.3 Å². The summed E-state index contributed by atoms with van der Waals surface area (Å²) in [4.78, 5) is 15.3. The van der Waals surface area contributed by atoms with E-state index in [0.717, 1.165) is 6.26 Å². The van der Waals surface area contributed by atoms with Gasteiger partial charge in [-0.05, 0) is 18.6 Å². The fraction of sp³-hybridized carbons (Fsp3) is 0.273. The average molecular weight is 269 g/mol. The Morgan fingerprint density at radius 2 is 2.28 bits per heavy atom. The minimum atomic E-state index is -3.33. The number of amides is 1. The lowest BCUT2D eigenvalue weighted by atomic mass is 10.2. The quantitative estimate of drug-likeness (QED) is 0.750. The average Bonchev–Trinajstić information content (AvgIpc) is 2.28. The van der Waals surface area contributed by atoms with E-state index in [1.807, 2.05) is 0 Å². The molecule has 6 nitrogen and oxygen atoms in total. The first-order valence-corrected chi connectivity index (χ1v) is 7.07. The highest BCUT2D eigenvalue weighted by atomic mass is 32.2. The van der Waals surface area contributed by atoms with Crippen LogP contribution in [0.4, 0.5) is 5.69 Å². The molecule has 0 radical (unpaired) electrons. The highest BCUT2D eigenvalue weighted by Crippen LogP contribution is 2.10. The molecule has 0 fully saturated rings. The molecule has 0 saturated carbocycles. The summed E-state index contributed by atoms with van der Waals surface area (Å²) in [7, 11) is -3.33. The third-order valence-corrected chi connectivity index (χ3v) is 3.14. The monoisotopic (exact) mass is 269 g/mol. The van der Waals surface area contributed by atoms with Crippen molar-refractivity contribution in [1.29, 1.82) is 0 Å². The third kappa shape index (κ3) is 3.94. The van der Waals surface area contributed by atoms with Crippen molar-refractivity contribution in [2.24, 2.45) is 5.73 Å². The zero-order valence-electron chi connectivity index (χ0n) is 9.96. The Bertz CT molecular complexity index is 537. The van der Waals surface area contributed by atoms with Gasteiger partial charge in [0.1, 0.15) is 0 Å². The molecule has 1 aromatic rings. The number of anilines is 1. The van der Waals surface area contributed by atoms with E-state index >= 15 is 0 Å². The number of nitrogens with two attached hydrogens (primary N) is 1. The first kappa shape index (κ1) is 14.3. The van der Waals surface area contributed by atoms with Gasteiger partial charge in [0.05, 0.1) is 17.9 Å². The summed E-state index contributed by atoms with van der Waals surface area (Å²) in [6.45, 7) is 3.49. The zero-order chi connectivity index (χ0) is 13.8. The molecule has 98 valence electrons. The standard InChI is InChI=1S/C11H15N3O3S/c1-3-4-9(12)11(15)14-8-5-6-10(13-7-8)18(2,16)17/h3,5-7,9H,1,4,12H2,2H3,(H,14,15). The van der Waals surface area contributed by atoms with E-state index in [-0.39, 0.29) is 10.9 Å². The van der Waals surface area contributed by atoms with Crippen LogP contribution in [0.15, 0.2) is 36.0 Å². The van der Waals surface area contributed by atoms with E-state index in [1.54, 1.807) is 6.08 Å². The van der Waals surface area contributed by atoms with Crippen LogP contribution in [0.25, 0.3) is 0 Å². The van der Waals surface area contributed by atoms with Crippen molar-refractivity contribution in [1.82, 2.24) is 4.98 Å². The van der Waals surface area contributed by atoms with Gasteiger partial charge in [0, 0.05) is 6.26 Å². The summed E-state index contributed by atoms with van der Waals surface area (Å²) >= 11 is 0. The number of hydrogen-bond acceptors (Lipinski definition) is 5. The summed E-state index contributed by atoms with van der Waals surface area (Å²) in [5.74, 6) is -0.371. The van der Waals surface area contributed by atoms with Gasteiger partial charge in [0.25, 0.3) is 0 Å². The Labute approximate surface area is 106 Å². The van der Waals surface area contributed by atoms with E-state index in [4.69, 9.17) is 5.73 Å². The lowest BCUT2D eigenvalue weighted by molar-refractivity contribution is -0.117. The van der Waals surface area contributed by atoms with Gasteiger partial charge in [-0.2, -0.15) is 0 Å². The Morgan fingerprint density at radius 1 is 1.61 bits per heavy atom. The zero-order valence-corrected chi connectivity index (χ0v) is 10.8. The number of nitrogens with one attached hydrogen (secondary N) is 1. The molecule has 0 spiro atoms. The maximum Gasteiger partial charge on any atom is 0.241 e. The molecule has 1 rings (SSSR count). The molecule has 0 aliphatic rings. The predicted octanol–water partition coefficient (Wildman–Crippen LogP) is 0.327. The number of hydrogen-bond donors (Lipinski definition) is 2. The molecule has 1 amide bonds. The fourth-order valence-electron chi connectivity index (χ4n) is 1.20. The number of aromatic nitrogens is 1. The lowest BCUT2D eigenvalue weighted by Gasteiger charge is -2.10. The smallest absolute Gasteiger partial charge is 0.241 e. The molecule has 18 heavy (non-hydrogen) atoms. The van der Waals surface area contributed by atoms with Gasteiger partial charge in [-0.25, -0.2) is 13.4 Å². The van der Waals surface area contributed by atoms with Gasteiger partial charge >= 0.3 is 0 Å². The van der Waals surface area contributed by atoms with Crippen LogP contribution in [-0.2, 0) is 14.6 Å². The van der Waals surface area contributed by atoms with Gasteiger partial charge in [0.2, 0.25) is 5.91 Å². The summed E-state index contributed by atoms with van der Waals surface area (Å²) < 4.78 is 22.4. The maximum atomic E-state index is 11.6. The number of sulfone groups is 1. The van der Waals surface area contributed by atoms with Crippen molar-refractivity contribution < 1.29 is 13.2 Å². The van der Waals surface area contributed by atoms with E-state index < -0.39 is 15.9 Å². The summed E-state index contributed by atoms with van der Waals surface area (Å²) in [5, 5.41) is 2.49. The van der Waals surface area contributed by atoms with Crippen LogP contribution in [0.2, 0.25) is 0 Å². The van der Waals surface area contributed by atoms with E-state index in [2.05, 4.69) is 16.9 Å². The van der Waals surface area contributed by atoms with Crippen molar-refractivity contribution >= 4 is 21.4 Å². The van der Waals surface area contributed by atoms with Crippen LogP contribution >= 0.6 is 0 Å². The van der Waals surface area contributed by atoms with Crippen molar-refractivity contribution in [2.75, 3.05) is 11.6 Å². The number of nitrogens with zero attached hydrogens (tertiary/aromatic N) is 1. The lowest BCUT2D eigenvalue weighted by Crippen LogP contribution is -2.35. The molecule has 7 heteroatoms. The first-order chi connectivity index (χ1) is 8.34. The van der Waals surface area contributed by atoms with Gasteiger partial charge in [-0.3, -0.25) is 4.79 Å². The van der Waals surface area contributed by atoms with Crippen LogP contribution in [0.5, 0.6) is 0 Å². The van der Waals surface area contributed by atoms with Gasteiger partial charge in [-0.1, -0.05) is 6.08 Å². The molecule has 0 saturated heterocycles. The Kier molecular flexibility index (Phi) is 4.57. The molecule has 0 bridgehead atoms. The predicted molar refractivity (Wildman–Crippen MR) is 68.8 cm³/mol. The first-order valence-electron chi connectivity index (χ1n) is 5.18. The fourth-order valence-corrected chi connectivity index (χ4v) is 1.75. The topological polar surface area (TPSA) is 102 Å². The van der Waals surface area contributed by atoms with Crippen LogP contribution in [0.1, 0.15) is 6.42 Å². The van der Waals surface area contributed by atoms with Crippen LogP contribution < -0.4 is 11.1 Å². The minimum Gasteiger partial charge on any atom is -0.323 e. The molecular formula is C11H15N3O3S. The molecule has 1 aromatic heterocycles. The summed E-state index contributed by atoms with van der Waals surface area (Å²) in [6.07, 6.45) is 4.25. The number of rotatable bonds is 5. The molecule has 3 N–H and O–H groups in total. The Balaban J connectivity index is 2.76. The second kappa shape index (κ2) is 5.74. The van der Waals surface area contributed by atoms with Crippen LogP contribution in [-0.4, -0.2) is 31.6 Å². The molecule has 1 heterocycles. The second-order valence-electron chi connectivity index (χ2n) is 3.78. The number of carbonyl (C=O) groups excluding carboxylic acids is 1. The van der Waals surface area contributed by atoms with Crippen molar-refractivity contribution in [2.45, 2.75) is 17.5 Å². The number of pyridine rings is 1. The SMILES string of the molecule is C=CCC(N)C(=O)Nc1ccc(S(C)(=O)=O)nc1. The van der Waals surface area contributed by atoms with Crippen molar-refractivity contribution in [3.05, 3.63) is 31.0 Å². The molecule has 0 aliphatic carbocycles. The third-order valence-electron chi connectivity index (χ3n) is 2.14. The van der Waals surface area contributed by atoms with Gasteiger partial charge < -0.3 is 11.1 Å². The largest absolute Gasteiger partial charge is 0.323 e. The van der Waals surface area contributed by atoms with Gasteiger partial charge in [0.15, 0.2) is 14.9 Å². The Morgan fingerprint density at radius 3 is 2.72 bits per heavy atom. The van der Waals surface area contributed by atoms with E-state index in [9.17, 15) is 13.2 Å².